The van der Waals surface area contributed by atoms with Crippen LogP contribution in [0.1, 0.15) is 50.7 Å². The summed E-state index contributed by atoms with van der Waals surface area (Å²) in [4.78, 5) is 4.81. The second-order valence-electron chi connectivity index (χ2n) is 7.62. The first-order valence-corrected chi connectivity index (χ1v) is 11.5. The van der Waals surface area contributed by atoms with Crippen molar-refractivity contribution in [2.45, 2.75) is 64.6 Å². The van der Waals surface area contributed by atoms with E-state index in [1.807, 2.05) is 30.3 Å². The number of rotatable bonds is 9. The van der Waals surface area contributed by atoms with Crippen molar-refractivity contribution in [1.29, 1.82) is 0 Å². The Morgan fingerprint density at radius 3 is 2.75 bits per heavy atom. The van der Waals surface area contributed by atoms with E-state index in [1.165, 1.54) is 19.3 Å². The quantitative estimate of drug-likeness (QED) is 0.225. The number of hydrogen-bond donors (Lipinski definition) is 2. The van der Waals surface area contributed by atoms with Crippen molar-refractivity contribution in [2.24, 2.45) is 17.5 Å². The van der Waals surface area contributed by atoms with Crippen molar-refractivity contribution in [3.63, 3.8) is 0 Å². The van der Waals surface area contributed by atoms with Gasteiger partial charge in [0.1, 0.15) is 12.4 Å². The zero-order chi connectivity index (χ0) is 19.3. The minimum Gasteiger partial charge on any atom is -0.378 e. The first-order valence-electron chi connectivity index (χ1n) is 10.1. The van der Waals surface area contributed by atoms with Crippen LogP contribution in [0, 0.1) is 12.3 Å². The molecule has 2 N–H and O–H groups in total. The molecule has 0 amide bonds. The van der Waals surface area contributed by atoms with Crippen LogP contribution < -0.4 is 10.6 Å². The van der Waals surface area contributed by atoms with Crippen molar-refractivity contribution < 1.29 is 4.74 Å². The second-order valence-corrected chi connectivity index (χ2v) is 8.61. The average molecular weight is 523 g/mol. The highest BCUT2D eigenvalue weighted by molar-refractivity contribution is 14.0. The Bertz CT molecular complexity index is 648. The fraction of sp³-hybridized carbons (Fsp3) is 0.842. The van der Waals surface area contributed by atoms with E-state index in [4.69, 9.17) is 9.73 Å². The molecule has 2 aliphatic carbocycles. The maximum absolute atomic E-state index is 5.98. The molecule has 2 fully saturated rings. The number of nitrogens with one attached hydrogen (secondary N) is 2. The van der Waals surface area contributed by atoms with Gasteiger partial charge in [-0.3, -0.25) is 0 Å². The van der Waals surface area contributed by atoms with Crippen LogP contribution in [0.15, 0.2) is 4.99 Å². The first kappa shape index (κ1) is 23.7. The fourth-order valence-electron chi connectivity index (χ4n) is 4.12. The fourth-order valence-corrected chi connectivity index (χ4v) is 4.55. The van der Waals surface area contributed by atoms with Crippen molar-refractivity contribution in [3.05, 3.63) is 11.6 Å². The Balaban J connectivity index is 0.00000280. The van der Waals surface area contributed by atoms with Gasteiger partial charge in [-0.15, -0.1) is 34.2 Å². The van der Waals surface area contributed by atoms with E-state index in [1.54, 1.807) is 0 Å². The molecule has 7 nitrogen and oxygen atoms in total. The number of aryl methyl sites for hydroxylation is 1. The summed E-state index contributed by atoms with van der Waals surface area (Å²) in [6.07, 6.45) is 8.59. The average Bonchev–Trinajstić information content (AvgIpc) is 2.92. The Hall–Kier alpha value is -0.550. The second kappa shape index (κ2) is 11.0. The normalized spacial score (nSPS) is 22.9. The van der Waals surface area contributed by atoms with E-state index < -0.39 is 0 Å². The number of thioether (sulfide) groups is 1. The van der Waals surface area contributed by atoms with Crippen LogP contribution in [0.3, 0.4) is 0 Å². The molecule has 3 rings (SSSR count). The SMILES string of the molecule is CCOC1CC(NC(=NCc2nnc(C)n2C)NCCCSC)C12CCC2.I. The van der Waals surface area contributed by atoms with Gasteiger partial charge in [-0.05, 0) is 51.5 Å². The van der Waals surface area contributed by atoms with Gasteiger partial charge in [-0.1, -0.05) is 6.42 Å². The summed E-state index contributed by atoms with van der Waals surface area (Å²) < 4.78 is 7.98. The lowest BCUT2D eigenvalue weighted by Gasteiger charge is -2.61. The third-order valence-corrected chi connectivity index (χ3v) is 6.82. The number of halogens is 1. The first-order chi connectivity index (χ1) is 13.1. The predicted molar refractivity (Wildman–Crippen MR) is 127 cm³/mol. The molecule has 2 unspecified atom stereocenters. The van der Waals surface area contributed by atoms with E-state index in [0.29, 0.717) is 24.1 Å². The summed E-state index contributed by atoms with van der Waals surface area (Å²) in [6.45, 7) is 6.32. The van der Waals surface area contributed by atoms with Crippen LogP contribution in [0.2, 0.25) is 0 Å². The highest BCUT2D eigenvalue weighted by Crippen LogP contribution is 2.57. The molecule has 0 aromatic carbocycles. The minimum atomic E-state index is 0. The largest absolute Gasteiger partial charge is 0.378 e. The maximum Gasteiger partial charge on any atom is 0.191 e. The molecule has 0 bridgehead atoms. The van der Waals surface area contributed by atoms with Gasteiger partial charge in [0, 0.05) is 31.7 Å². The number of nitrogens with zero attached hydrogens (tertiary/aromatic N) is 4. The molecule has 0 radical (unpaired) electrons. The number of ether oxygens (including phenoxy) is 1. The lowest BCUT2D eigenvalue weighted by Crippen LogP contribution is -2.68. The third kappa shape index (κ3) is 5.13. The zero-order valence-corrected chi connectivity index (χ0v) is 20.7. The number of aromatic nitrogens is 3. The van der Waals surface area contributed by atoms with Crippen LogP contribution >= 0.6 is 35.7 Å². The van der Waals surface area contributed by atoms with Crippen LogP contribution in [-0.4, -0.2) is 58.0 Å². The monoisotopic (exact) mass is 522 g/mol. The molecule has 2 aliphatic rings. The Morgan fingerprint density at radius 1 is 1.39 bits per heavy atom. The van der Waals surface area contributed by atoms with Crippen molar-refractivity contribution in [2.75, 3.05) is 25.2 Å². The molecule has 9 heteroatoms. The smallest absolute Gasteiger partial charge is 0.191 e. The highest BCUT2D eigenvalue weighted by Gasteiger charge is 2.59. The summed E-state index contributed by atoms with van der Waals surface area (Å²) >= 11 is 1.88. The number of hydrogen-bond acceptors (Lipinski definition) is 5. The van der Waals surface area contributed by atoms with Gasteiger partial charge in [-0.2, -0.15) is 11.8 Å². The topological polar surface area (TPSA) is 76.4 Å². The van der Waals surface area contributed by atoms with Gasteiger partial charge < -0.3 is 19.9 Å². The van der Waals surface area contributed by atoms with Gasteiger partial charge >= 0.3 is 0 Å². The van der Waals surface area contributed by atoms with E-state index >= 15 is 0 Å². The molecule has 2 atom stereocenters. The summed E-state index contributed by atoms with van der Waals surface area (Å²) in [5.74, 6) is 3.84. The molecule has 1 aromatic heterocycles. The molecule has 0 aliphatic heterocycles. The standard InChI is InChI=1S/C19H34N6OS.HI/c1-5-26-16-12-15(19(16)8-6-9-19)22-18(20-10-7-11-27-4)21-13-17-24-23-14(2)25(17)3;/h15-16H,5-13H2,1-4H3,(H2,20,21,22);1H. The maximum atomic E-state index is 5.98. The number of guanidine groups is 1. The van der Waals surface area contributed by atoms with Crippen LogP contribution in [0.25, 0.3) is 0 Å². The highest BCUT2D eigenvalue weighted by atomic mass is 127. The third-order valence-electron chi connectivity index (χ3n) is 6.13. The van der Waals surface area contributed by atoms with Gasteiger partial charge in [0.05, 0.1) is 6.10 Å². The van der Waals surface area contributed by atoms with Crippen LogP contribution in [0.4, 0.5) is 0 Å². The molecule has 28 heavy (non-hydrogen) atoms. The summed E-state index contributed by atoms with van der Waals surface area (Å²) in [5, 5.41) is 15.6. The molecule has 0 saturated heterocycles. The molecular weight excluding hydrogens is 487 g/mol. The Morgan fingerprint density at radius 2 is 2.18 bits per heavy atom. The Labute approximate surface area is 190 Å². The van der Waals surface area contributed by atoms with Gasteiger partial charge in [0.2, 0.25) is 0 Å². The molecule has 1 spiro atoms. The molecule has 1 aromatic rings. The summed E-state index contributed by atoms with van der Waals surface area (Å²) in [7, 11) is 1.99. The van der Waals surface area contributed by atoms with E-state index in [2.05, 4.69) is 34.0 Å². The summed E-state index contributed by atoms with van der Waals surface area (Å²) in [6, 6.07) is 0.454. The lowest BCUT2D eigenvalue weighted by molar-refractivity contribution is -0.168. The van der Waals surface area contributed by atoms with Gasteiger partial charge in [-0.25, -0.2) is 4.99 Å². The van der Waals surface area contributed by atoms with Crippen LogP contribution in [-0.2, 0) is 18.3 Å². The van der Waals surface area contributed by atoms with E-state index in [-0.39, 0.29) is 24.0 Å². The molecular formula is C19H35IN6OS. The van der Waals surface area contributed by atoms with Gasteiger partial charge in [0.25, 0.3) is 0 Å². The Kier molecular flexibility index (Phi) is 9.33. The van der Waals surface area contributed by atoms with E-state index in [9.17, 15) is 0 Å². The van der Waals surface area contributed by atoms with Crippen LogP contribution in [0.5, 0.6) is 0 Å². The van der Waals surface area contributed by atoms with Crippen molar-refractivity contribution in [3.8, 4) is 0 Å². The zero-order valence-electron chi connectivity index (χ0n) is 17.5. The van der Waals surface area contributed by atoms with Crippen molar-refractivity contribution in [1.82, 2.24) is 25.4 Å². The molecule has 160 valence electrons. The van der Waals surface area contributed by atoms with E-state index in [0.717, 1.165) is 49.4 Å². The lowest BCUT2D eigenvalue weighted by atomic mass is 9.51. The van der Waals surface area contributed by atoms with Crippen molar-refractivity contribution >= 4 is 41.7 Å². The minimum absolute atomic E-state index is 0. The molecule has 1 heterocycles. The summed E-state index contributed by atoms with van der Waals surface area (Å²) in [5.41, 5.74) is 0.319. The molecule has 2 saturated carbocycles. The number of aliphatic imine (C=N–C) groups is 1. The van der Waals surface area contributed by atoms with Gasteiger partial charge in [0.15, 0.2) is 11.8 Å². The predicted octanol–water partition coefficient (Wildman–Crippen LogP) is 2.88.